The fraction of sp³-hybridized carbons (Fsp3) is 0.167. The maximum atomic E-state index is 13.2. The van der Waals surface area contributed by atoms with Crippen LogP contribution in [0.15, 0.2) is 66.7 Å². The molecule has 0 unspecified atom stereocenters. The van der Waals surface area contributed by atoms with E-state index in [0.717, 1.165) is 5.56 Å². The van der Waals surface area contributed by atoms with Crippen molar-refractivity contribution < 1.29 is 28.2 Å². The number of hydrogen-bond donors (Lipinski definition) is 1. The number of ether oxygens (including phenoxy) is 3. The first-order valence-corrected chi connectivity index (χ1v) is 9.90. The van der Waals surface area contributed by atoms with Gasteiger partial charge in [0.25, 0.3) is 11.8 Å². The third-order valence-electron chi connectivity index (χ3n) is 4.85. The number of rotatable bonds is 7. The summed E-state index contributed by atoms with van der Waals surface area (Å²) < 4.78 is 29.4. The molecule has 3 aromatic carbocycles. The zero-order valence-corrected chi connectivity index (χ0v) is 17.3. The molecule has 0 aliphatic carbocycles. The molecule has 1 N–H and O–H groups in total. The number of anilines is 2. The van der Waals surface area contributed by atoms with Crippen molar-refractivity contribution in [2.24, 2.45) is 0 Å². The van der Waals surface area contributed by atoms with Crippen molar-refractivity contribution in [2.75, 3.05) is 30.5 Å². The van der Waals surface area contributed by atoms with Gasteiger partial charge >= 0.3 is 0 Å². The van der Waals surface area contributed by atoms with Crippen molar-refractivity contribution in [1.82, 2.24) is 0 Å². The normalized spacial score (nSPS) is 12.6. The van der Waals surface area contributed by atoms with Gasteiger partial charge in [0, 0.05) is 11.8 Å². The molecule has 0 spiro atoms. The number of fused-ring (bicyclic) bond motifs is 1. The zero-order chi connectivity index (χ0) is 22.5. The van der Waals surface area contributed by atoms with Gasteiger partial charge < -0.3 is 24.4 Å². The number of amides is 2. The van der Waals surface area contributed by atoms with E-state index in [4.69, 9.17) is 14.2 Å². The predicted molar refractivity (Wildman–Crippen MR) is 117 cm³/mol. The Hall–Kier alpha value is -4.07. The van der Waals surface area contributed by atoms with Crippen LogP contribution in [0.1, 0.15) is 5.56 Å². The van der Waals surface area contributed by atoms with Gasteiger partial charge in [-0.3, -0.25) is 9.59 Å². The molecule has 7 nitrogen and oxygen atoms in total. The van der Waals surface area contributed by atoms with Crippen molar-refractivity contribution in [3.63, 3.8) is 0 Å². The summed E-state index contributed by atoms with van der Waals surface area (Å²) in [6, 6.07) is 17.9. The molecule has 0 saturated carbocycles. The molecule has 1 aliphatic rings. The van der Waals surface area contributed by atoms with E-state index in [9.17, 15) is 14.0 Å². The first kappa shape index (κ1) is 21.2. The molecule has 1 heterocycles. The number of carbonyl (C=O) groups excluding carboxylic acids is 2. The second kappa shape index (κ2) is 9.38. The number of halogens is 1. The van der Waals surface area contributed by atoms with Crippen LogP contribution in [-0.2, 0) is 16.1 Å². The summed E-state index contributed by atoms with van der Waals surface area (Å²) in [6.45, 7) is -0.0287. The molecule has 0 saturated heterocycles. The first-order valence-electron chi connectivity index (χ1n) is 9.90. The Labute approximate surface area is 184 Å². The summed E-state index contributed by atoms with van der Waals surface area (Å²) in [4.78, 5) is 26.4. The topological polar surface area (TPSA) is 77.1 Å². The van der Waals surface area contributed by atoms with Crippen molar-refractivity contribution in [3.8, 4) is 17.2 Å². The van der Waals surface area contributed by atoms with Gasteiger partial charge in [0.15, 0.2) is 13.2 Å². The van der Waals surface area contributed by atoms with E-state index < -0.39 is 0 Å². The average molecular weight is 436 g/mol. The quantitative estimate of drug-likeness (QED) is 0.610. The molecule has 4 rings (SSSR count). The Balaban J connectivity index is 1.45. The lowest BCUT2D eigenvalue weighted by Gasteiger charge is -2.30. The third-order valence-corrected chi connectivity index (χ3v) is 4.85. The molecular weight excluding hydrogens is 415 g/mol. The van der Waals surface area contributed by atoms with Crippen LogP contribution in [0.4, 0.5) is 15.8 Å². The smallest absolute Gasteiger partial charge is 0.265 e. The van der Waals surface area contributed by atoms with E-state index in [1.807, 2.05) is 0 Å². The van der Waals surface area contributed by atoms with Gasteiger partial charge in [-0.1, -0.05) is 18.2 Å². The molecule has 0 atom stereocenters. The van der Waals surface area contributed by atoms with Crippen LogP contribution in [-0.4, -0.2) is 32.1 Å². The van der Waals surface area contributed by atoms with E-state index in [0.29, 0.717) is 28.6 Å². The predicted octanol–water partition coefficient (Wildman–Crippen LogP) is 3.78. The van der Waals surface area contributed by atoms with Crippen LogP contribution in [0.5, 0.6) is 17.2 Å². The molecule has 2 amide bonds. The summed E-state index contributed by atoms with van der Waals surface area (Å²) in [5.41, 5.74) is 1.79. The fourth-order valence-electron chi connectivity index (χ4n) is 3.26. The van der Waals surface area contributed by atoms with Crippen LogP contribution >= 0.6 is 0 Å². The van der Waals surface area contributed by atoms with E-state index in [1.165, 1.54) is 12.1 Å². The number of hydrogen-bond acceptors (Lipinski definition) is 5. The second-order valence-corrected chi connectivity index (χ2v) is 7.09. The van der Waals surface area contributed by atoms with Gasteiger partial charge in [0.2, 0.25) is 0 Å². The van der Waals surface area contributed by atoms with Gasteiger partial charge in [-0.2, -0.15) is 0 Å². The maximum absolute atomic E-state index is 13.2. The van der Waals surface area contributed by atoms with Crippen LogP contribution in [0.2, 0.25) is 0 Å². The molecule has 0 radical (unpaired) electrons. The molecular formula is C24H21FN2O5. The van der Waals surface area contributed by atoms with Gasteiger partial charge in [-0.15, -0.1) is 0 Å². The summed E-state index contributed by atoms with van der Waals surface area (Å²) in [7, 11) is 1.55. The molecule has 0 bridgehead atoms. The molecule has 1 aliphatic heterocycles. The van der Waals surface area contributed by atoms with Gasteiger partial charge in [0.1, 0.15) is 23.1 Å². The summed E-state index contributed by atoms with van der Waals surface area (Å²) >= 11 is 0. The Morgan fingerprint density at radius 2 is 1.88 bits per heavy atom. The molecule has 32 heavy (non-hydrogen) atoms. The fourth-order valence-corrected chi connectivity index (χ4v) is 3.26. The second-order valence-electron chi connectivity index (χ2n) is 7.09. The Morgan fingerprint density at radius 3 is 2.66 bits per heavy atom. The minimum atomic E-state index is -0.360. The van der Waals surface area contributed by atoms with Gasteiger partial charge in [-0.05, 0) is 48.0 Å². The number of benzene rings is 3. The highest BCUT2D eigenvalue weighted by Crippen LogP contribution is 2.35. The zero-order valence-electron chi connectivity index (χ0n) is 17.3. The monoisotopic (exact) mass is 436 g/mol. The lowest BCUT2D eigenvalue weighted by molar-refractivity contribution is -0.121. The Morgan fingerprint density at radius 1 is 1.09 bits per heavy atom. The standard InChI is InChI=1S/C24H21FN2O5/c1-30-19-3-2-4-20(12-19)31-14-23(28)26-18-9-10-22-21(11-18)27(24(29)15-32-22)13-16-5-7-17(25)8-6-16/h2-12H,13-15H2,1H3,(H,26,28). The number of nitrogens with one attached hydrogen (secondary N) is 1. The highest BCUT2D eigenvalue weighted by Gasteiger charge is 2.26. The minimum Gasteiger partial charge on any atom is -0.497 e. The van der Waals surface area contributed by atoms with Crippen molar-refractivity contribution in [1.29, 1.82) is 0 Å². The highest BCUT2D eigenvalue weighted by atomic mass is 19.1. The van der Waals surface area contributed by atoms with E-state index in [2.05, 4.69) is 5.32 Å². The van der Waals surface area contributed by atoms with Crippen LogP contribution < -0.4 is 24.4 Å². The third kappa shape index (κ3) is 4.97. The van der Waals surface area contributed by atoms with Gasteiger partial charge in [0.05, 0.1) is 19.3 Å². The summed E-state index contributed by atoms with van der Waals surface area (Å²) in [6.07, 6.45) is 0. The molecule has 8 heteroatoms. The van der Waals surface area contributed by atoms with Crippen molar-refractivity contribution >= 4 is 23.2 Å². The van der Waals surface area contributed by atoms with Crippen LogP contribution in [0.3, 0.4) is 0 Å². The molecule has 0 fully saturated rings. The highest BCUT2D eigenvalue weighted by molar-refractivity contribution is 5.99. The lowest BCUT2D eigenvalue weighted by atomic mass is 10.1. The van der Waals surface area contributed by atoms with Gasteiger partial charge in [-0.25, -0.2) is 4.39 Å². The SMILES string of the molecule is COc1cccc(OCC(=O)Nc2ccc3c(c2)N(Cc2ccc(F)cc2)C(=O)CO3)c1. The van der Waals surface area contributed by atoms with E-state index in [-0.39, 0.29) is 37.4 Å². The molecule has 0 aromatic heterocycles. The Kier molecular flexibility index (Phi) is 6.21. The van der Waals surface area contributed by atoms with E-state index >= 15 is 0 Å². The molecule has 3 aromatic rings. The average Bonchev–Trinajstić information content (AvgIpc) is 2.81. The van der Waals surface area contributed by atoms with Crippen molar-refractivity contribution in [3.05, 3.63) is 78.1 Å². The van der Waals surface area contributed by atoms with Crippen LogP contribution in [0, 0.1) is 5.82 Å². The summed E-state index contributed by atoms with van der Waals surface area (Å²) in [5, 5.41) is 2.76. The summed E-state index contributed by atoms with van der Waals surface area (Å²) in [5.74, 6) is 0.728. The largest absolute Gasteiger partial charge is 0.497 e. The lowest BCUT2D eigenvalue weighted by Crippen LogP contribution is -2.38. The number of nitrogens with zero attached hydrogens (tertiary/aromatic N) is 1. The number of carbonyl (C=O) groups is 2. The minimum absolute atomic E-state index is 0.0890. The van der Waals surface area contributed by atoms with Crippen LogP contribution in [0.25, 0.3) is 0 Å². The molecule has 164 valence electrons. The van der Waals surface area contributed by atoms with E-state index in [1.54, 1.807) is 66.6 Å². The first-order chi connectivity index (χ1) is 15.5. The van der Waals surface area contributed by atoms with Crippen molar-refractivity contribution in [2.45, 2.75) is 6.54 Å². The number of methoxy groups -OCH3 is 1. The maximum Gasteiger partial charge on any atom is 0.265 e. The Bertz CT molecular complexity index is 1130.